The average molecular weight is 230 g/mol. The van der Waals surface area contributed by atoms with Gasteiger partial charge in [-0.15, -0.1) is 0 Å². The number of nitrogens with one attached hydrogen (secondary N) is 1. The number of benzene rings is 1. The van der Waals surface area contributed by atoms with Crippen molar-refractivity contribution in [2.75, 3.05) is 0 Å². The summed E-state index contributed by atoms with van der Waals surface area (Å²) in [6, 6.07) is 5.81. The van der Waals surface area contributed by atoms with E-state index in [4.69, 9.17) is 10.2 Å². The minimum Gasteiger partial charge on any atom is -0.408 e. The number of nitrogens with two attached hydrogens (primary N) is 1. The van der Waals surface area contributed by atoms with E-state index in [2.05, 4.69) is 4.98 Å². The van der Waals surface area contributed by atoms with Gasteiger partial charge >= 0.3 is 5.76 Å². The van der Waals surface area contributed by atoms with Crippen LogP contribution in [-0.2, 0) is 5.54 Å². The molecule has 4 rings (SSSR count). The van der Waals surface area contributed by atoms with Crippen LogP contribution in [0.5, 0.6) is 0 Å². The largest absolute Gasteiger partial charge is 0.417 e. The average Bonchev–Trinajstić information content (AvgIpc) is 2.74. The molecule has 2 aliphatic carbocycles. The molecule has 88 valence electrons. The first-order chi connectivity index (χ1) is 8.14. The van der Waals surface area contributed by atoms with Crippen molar-refractivity contribution in [3.63, 3.8) is 0 Å². The van der Waals surface area contributed by atoms with Crippen LogP contribution in [0.2, 0.25) is 0 Å². The zero-order valence-electron chi connectivity index (χ0n) is 9.40. The van der Waals surface area contributed by atoms with E-state index in [1.165, 1.54) is 6.42 Å². The van der Waals surface area contributed by atoms with Gasteiger partial charge in [-0.3, -0.25) is 4.98 Å². The maximum Gasteiger partial charge on any atom is 0.417 e. The van der Waals surface area contributed by atoms with Gasteiger partial charge < -0.3 is 10.2 Å². The predicted molar refractivity (Wildman–Crippen MR) is 63.5 cm³/mol. The van der Waals surface area contributed by atoms with Gasteiger partial charge in [0.15, 0.2) is 5.58 Å². The van der Waals surface area contributed by atoms with Gasteiger partial charge in [0.2, 0.25) is 0 Å². The number of hydrogen-bond acceptors (Lipinski definition) is 3. The Morgan fingerprint density at radius 3 is 2.88 bits per heavy atom. The Kier molecular flexibility index (Phi) is 1.57. The molecular formula is C13H14N2O2. The quantitative estimate of drug-likeness (QED) is 0.783. The number of aromatic nitrogens is 1. The van der Waals surface area contributed by atoms with E-state index < -0.39 is 5.76 Å². The van der Waals surface area contributed by atoms with E-state index in [1.807, 2.05) is 18.2 Å². The Bertz CT molecular complexity index is 645. The monoisotopic (exact) mass is 230 g/mol. The van der Waals surface area contributed by atoms with Crippen molar-refractivity contribution in [2.24, 2.45) is 17.6 Å². The predicted octanol–water partition coefficient (Wildman–Crippen LogP) is 1.71. The number of hydrogen-bond donors (Lipinski definition) is 2. The molecule has 0 saturated heterocycles. The summed E-state index contributed by atoms with van der Waals surface area (Å²) in [6.07, 6.45) is 3.48. The molecule has 3 N–H and O–H groups in total. The first kappa shape index (κ1) is 9.48. The molecule has 0 amide bonds. The molecule has 2 atom stereocenters. The SMILES string of the molecule is NC1(c2ccc3[nH]c(=O)oc3c2)CC2CC2C1. The van der Waals surface area contributed by atoms with Crippen LogP contribution in [-0.4, -0.2) is 4.98 Å². The van der Waals surface area contributed by atoms with Crippen molar-refractivity contribution in [3.8, 4) is 0 Å². The summed E-state index contributed by atoms with van der Waals surface area (Å²) in [5.74, 6) is 1.25. The van der Waals surface area contributed by atoms with E-state index >= 15 is 0 Å². The first-order valence-electron chi connectivity index (χ1n) is 6.06. The van der Waals surface area contributed by atoms with Crippen molar-refractivity contribution in [2.45, 2.75) is 24.8 Å². The van der Waals surface area contributed by atoms with E-state index in [-0.39, 0.29) is 5.54 Å². The van der Waals surface area contributed by atoms with Gasteiger partial charge in [0.25, 0.3) is 0 Å². The maximum atomic E-state index is 11.1. The number of oxazole rings is 1. The van der Waals surface area contributed by atoms with Crippen LogP contribution in [0.4, 0.5) is 0 Å². The Balaban J connectivity index is 1.82. The van der Waals surface area contributed by atoms with Crippen molar-refractivity contribution < 1.29 is 4.42 Å². The number of rotatable bonds is 1. The van der Waals surface area contributed by atoms with Crippen LogP contribution >= 0.6 is 0 Å². The molecular weight excluding hydrogens is 216 g/mol. The maximum absolute atomic E-state index is 11.1. The molecule has 1 aromatic carbocycles. The molecule has 1 heterocycles. The first-order valence-corrected chi connectivity index (χ1v) is 6.06. The Hall–Kier alpha value is -1.55. The standard InChI is InChI=1S/C13H14N2O2/c14-13(5-7-3-8(7)6-13)9-1-2-10-11(4-9)17-12(16)15-10/h1-2,4,7-8H,3,5-6,14H2,(H,15,16). The molecule has 2 saturated carbocycles. The second-order valence-corrected chi connectivity index (χ2v) is 5.55. The molecule has 2 aromatic rings. The number of aromatic amines is 1. The lowest BCUT2D eigenvalue weighted by Crippen LogP contribution is -2.34. The molecule has 4 nitrogen and oxygen atoms in total. The van der Waals surface area contributed by atoms with Crippen LogP contribution < -0.4 is 11.5 Å². The minimum atomic E-state index is -0.405. The van der Waals surface area contributed by atoms with Gasteiger partial charge in [-0.2, -0.15) is 0 Å². The van der Waals surface area contributed by atoms with Gasteiger partial charge in [0.1, 0.15) is 0 Å². The Morgan fingerprint density at radius 1 is 1.35 bits per heavy atom. The van der Waals surface area contributed by atoms with Crippen molar-refractivity contribution in [1.82, 2.24) is 4.98 Å². The Labute approximate surface area is 97.8 Å². The number of fused-ring (bicyclic) bond motifs is 2. The molecule has 0 radical (unpaired) electrons. The van der Waals surface area contributed by atoms with Crippen molar-refractivity contribution in [3.05, 3.63) is 34.3 Å². The fourth-order valence-corrected chi connectivity index (χ4v) is 3.32. The fourth-order valence-electron chi connectivity index (χ4n) is 3.32. The highest BCUT2D eigenvalue weighted by Crippen LogP contribution is 2.58. The molecule has 1 aromatic heterocycles. The molecule has 4 heteroatoms. The lowest BCUT2D eigenvalue weighted by Gasteiger charge is -2.26. The van der Waals surface area contributed by atoms with Crippen LogP contribution in [0.1, 0.15) is 24.8 Å². The van der Waals surface area contributed by atoms with Gasteiger partial charge in [0.05, 0.1) is 5.52 Å². The fraction of sp³-hybridized carbons (Fsp3) is 0.462. The third-order valence-electron chi connectivity index (χ3n) is 4.32. The van der Waals surface area contributed by atoms with Gasteiger partial charge in [-0.25, -0.2) is 4.79 Å². The summed E-state index contributed by atoms with van der Waals surface area (Å²) in [6.45, 7) is 0. The van der Waals surface area contributed by atoms with Crippen molar-refractivity contribution in [1.29, 1.82) is 0 Å². The van der Waals surface area contributed by atoms with E-state index in [0.29, 0.717) is 5.58 Å². The lowest BCUT2D eigenvalue weighted by atomic mass is 9.86. The van der Waals surface area contributed by atoms with Gasteiger partial charge in [0, 0.05) is 5.54 Å². The highest BCUT2D eigenvalue weighted by atomic mass is 16.4. The molecule has 0 bridgehead atoms. The molecule has 2 aliphatic rings. The second kappa shape index (κ2) is 2.82. The van der Waals surface area contributed by atoms with Gasteiger partial charge in [-0.05, 0) is 48.8 Å². The summed E-state index contributed by atoms with van der Waals surface area (Å²) in [7, 11) is 0. The van der Waals surface area contributed by atoms with Crippen LogP contribution in [0, 0.1) is 11.8 Å². The van der Waals surface area contributed by atoms with Crippen LogP contribution in [0.25, 0.3) is 11.1 Å². The molecule has 2 unspecified atom stereocenters. The van der Waals surface area contributed by atoms with E-state index in [0.717, 1.165) is 35.8 Å². The zero-order valence-corrected chi connectivity index (χ0v) is 9.40. The summed E-state index contributed by atoms with van der Waals surface area (Å²) < 4.78 is 5.08. The Morgan fingerprint density at radius 2 is 2.12 bits per heavy atom. The summed E-state index contributed by atoms with van der Waals surface area (Å²) in [4.78, 5) is 13.8. The lowest BCUT2D eigenvalue weighted by molar-refractivity contribution is 0.410. The summed E-state index contributed by atoms with van der Waals surface area (Å²) in [5, 5.41) is 0. The molecule has 17 heavy (non-hydrogen) atoms. The third kappa shape index (κ3) is 1.30. The molecule has 0 aliphatic heterocycles. The summed E-state index contributed by atoms with van der Waals surface area (Å²) >= 11 is 0. The highest BCUT2D eigenvalue weighted by Gasteiger charge is 2.52. The minimum absolute atomic E-state index is 0.211. The van der Waals surface area contributed by atoms with Crippen molar-refractivity contribution >= 4 is 11.1 Å². The topological polar surface area (TPSA) is 72.0 Å². The molecule has 0 spiro atoms. The van der Waals surface area contributed by atoms with Crippen LogP contribution in [0.3, 0.4) is 0 Å². The zero-order chi connectivity index (χ0) is 11.6. The highest BCUT2D eigenvalue weighted by molar-refractivity contribution is 5.73. The second-order valence-electron chi connectivity index (χ2n) is 5.55. The number of H-pyrrole nitrogens is 1. The smallest absolute Gasteiger partial charge is 0.408 e. The van der Waals surface area contributed by atoms with E-state index in [1.54, 1.807) is 0 Å². The van der Waals surface area contributed by atoms with Gasteiger partial charge in [-0.1, -0.05) is 6.07 Å². The normalized spacial score (nSPS) is 35.1. The van der Waals surface area contributed by atoms with E-state index in [9.17, 15) is 4.79 Å². The molecule has 2 fully saturated rings. The van der Waals surface area contributed by atoms with Crippen LogP contribution in [0.15, 0.2) is 27.4 Å². The third-order valence-corrected chi connectivity index (χ3v) is 4.32. The summed E-state index contributed by atoms with van der Waals surface area (Å²) in [5.41, 5.74) is 8.71.